The number of nitrogens with zero attached hydrogens (tertiary/aromatic N) is 1. The normalized spacial score (nSPS) is 10.7. The van der Waals surface area contributed by atoms with Gasteiger partial charge >= 0.3 is 0 Å². The lowest BCUT2D eigenvalue weighted by molar-refractivity contribution is -0.901. The van der Waals surface area contributed by atoms with E-state index in [2.05, 4.69) is 51.4 Å². The summed E-state index contributed by atoms with van der Waals surface area (Å²) in [5, 5.41) is 0. The van der Waals surface area contributed by atoms with Gasteiger partial charge in [0.1, 0.15) is 6.54 Å². The van der Waals surface area contributed by atoms with Crippen molar-refractivity contribution in [3.63, 3.8) is 0 Å². The number of hydrogen-bond donors (Lipinski definition) is 0. The predicted octanol–water partition coefficient (Wildman–Crippen LogP) is -0.713. The summed E-state index contributed by atoms with van der Waals surface area (Å²) in [4.78, 5) is 0. The smallest absolute Gasteiger partial charge is 0.104 e. The molecule has 0 saturated carbocycles. The van der Waals surface area contributed by atoms with Crippen molar-refractivity contribution < 1.29 is 21.5 Å². The molecule has 0 heterocycles. The average Bonchev–Trinajstić information content (AvgIpc) is 2.06. The second-order valence-electron chi connectivity index (χ2n) is 3.90. The molecular weight excluding hydrogens is 226 g/mol. The third-order valence-electron chi connectivity index (χ3n) is 2.31. The number of benzene rings is 1. The molecule has 0 atom stereocenters. The summed E-state index contributed by atoms with van der Waals surface area (Å²) in [5.74, 6) is 0. The second-order valence-corrected chi connectivity index (χ2v) is 3.90. The minimum absolute atomic E-state index is 0. The Balaban J connectivity index is 0.00000144. The maximum Gasteiger partial charge on any atom is 0.104 e. The van der Waals surface area contributed by atoms with Gasteiger partial charge in [-0.15, -0.1) is 0 Å². The summed E-state index contributed by atoms with van der Waals surface area (Å²) < 4.78 is 1.06. The quantitative estimate of drug-likeness (QED) is 0.616. The molecule has 0 fully saturated rings. The molecule has 0 amide bonds. The Morgan fingerprint density at radius 2 is 1.62 bits per heavy atom. The van der Waals surface area contributed by atoms with E-state index >= 15 is 0 Å². The summed E-state index contributed by atoms with van der Waals surface area (Å²) in [6.07, 6.45) is 0. The summed E-state index contributed by atoms with van der Waals surface area (Å²) in [7, 11) is 4.51. The van der Waals surface area contributed by atoms with Crippen molar-refractivity contribution in [3.05, 3.63) is 35.9 Å². The van der Waals surface area contributed by atoms with Crippen molar-refractivity contribution in [1.82, 2.24) is 0 Å². The summed E-state index contributed by atoms with van der Waals surface area (Å²) >= 11 is 0. The lowest BCUT2D eigenvalue weighted by Gasteiger charge is -2.28. The minimum Gasteiger partial charge on any atom is -1.00 e. The largest absolute Gasteiger partial charge is 1.00 e. The van der Waals surface area contributed by atoms with Crippen LogP contribution >= 0.6 is 0 Å². The molecule has 0 N–H and O–H groups in total. The molecule has 1 rings (SSSR count). The fraction of sp³-hybridized carbons (Fsp3) is 0.455. The highest BCUT2D eigenvalue weighted by Gasteiger charge is 2.11. The van der Waals surface area contributed by atoms with Crippen molar-refractivity contribution in [2.24, 2.45) is 0 Å². The van der Waals surface area contributed by atoms with Crippen LogP contribution in [0.15, 0.2) is 30.3 Å². The fourth-order valence-corrected chi connectivity index (χ4v) is 1.19. The molecule has 0 saturated heterocycles. The third kappa shape index (κ3) is 4.44. The van der Waals surface area contributed by atoms with E-state index < -0.39 is 0 Å². The standard InChI is InChI=1S/C11H18N.BrH/c1-4-12(2,3)10-11-8-6-5-7-9-11;/h5-9H,4,10H2,1-3H3;1H/q+1;/p-1. The van der Waals surface area contributed by atoms with E-state index in [9.17, 15) is 0 Å². The van der Waals surface area contributed by atoms with Gasteiger partial charge < -0.3 is 21.5 Å². The predicted molar refractivity (Wildman–Crippen MR) is 52.8 cm³/mol. The van der Waals surface area contributed by atoms with Crippen LogP contribution in [-0.2, 0) is 6.54 Å². The van der Waals surface area contributed by atoms with Gasteiger partial charge in [-0.25, -0.2) is 0 Å². The van der Waals surface area contributed by atoms with Gasteiger partial charge in [0.05, 0.1) is 20.6 Å². The van der Waals surface area contributed by atoms with E-state index in [0.29, 0.717) is 0 Å². The highest BCUT2D eigenvalue weighted by molar-refractivity contribution is 5.13. The molecule has 0 aliphatic rings. The zero-order valence-corrected chi connectivity index (χ0v) is 10.2. The van der Waals surface area contributed by atoms with Crippen molar-refractivity contribution in [2.45, 2.75) is 13.5 Å². The molecule has 0 spiro atoms. The lowest BCUT2D eigenvalue weighted by atomic mass is 10.2. The summed E-state index contributed by atoms with van der Waals surface area (Å²) in [6.45, 7) is 4.52. The molecule has 0 unspecified atom stereocenters. The minimum atomic E-state index is 0. The Morgan fingerprint density at radius 1 is 1.08 bits per heavy atom. The second kappa shape index (κ2) is 5.40. The Hall–Kier alpha value is -0.340. The van der Waals surface area contributed by atoms with Gasteiger partial charge in [0.15, 0.2) is 0 Å². The number of rotatable bonds is 3. The first kappa shape index (κ1) is 12.7. The van der Waals surface area contributed by atoms with Gasteiger partial charge in [0.2, 0.25) is 0 Å². The maximum absolute atomic E-state index is 2.26. The van der Waals surface area contributed by atoms with Gasteiger partial charge in [0, 0.05) is 5.56 Å². The van der Waals surface area contributed by atoms with E-state index in [1.54, 1.807) is 0 Å². The highest BCUT2D eigenvalue weighted by atomic mass is 79.9. The highest BCUT2D eigenvalue weighted by Crippen LogP contribution is 2.07. The van der Waals surface area contributed by atoms with Gasteiger partial charge in [0.25, 0.3) is 0 Å². The number of hydrogen-bond acceptors (Lipinski definition) is 0. The van der Waals surface area contributed by atoms with E-state index in [1.165, 1.54) is 12.1 Å². The molecule has 74 valence electrons. The fourth-order valence-electron chi connectivity index (χ4n) is 1.19. The van der Waals surface area contributed by atoms with E-state index in [1.807, 2.05) is 0 Å². The van der Waals surface area contributed by atoms with Crippen LogP contribution in [0.1, 0.15) is 12.5 Å². The van der Waals surface area contributed by atoms with Crippen LogP contribution in [0.3, 0.4) is 0 Å². The molecule has 1 aromatic rings. The molecular formula is C11H18BrN. The summed E-state index contributed by atoms with van der Waals surface area (Å²) in [6, 6.07) is 10.6. The topological polar surface area (TPSA) is 0 Å². The first-order valence-electron chi connectivity index (χ1n) is 4.50. The van der Waals surface area contributed by atoms with Gasteiger partial charge in [-0.2, -0.15) is 0 Å². The van der Waals surface area contributed by atoms with Crippen LogP contribution < -0.4 is 17.0 Å². The molecule has 0 bridgehead atoms. The van der Waals surface area contributed by atoms with Gasteiger partial charge in [-0.3, -0.25) is 0 Å². The van der Waals surface area contributed by atoms with Crippen LogP contribution in [0.4, 0.5) is 0 Å². The molecule has 0 aromatic heterocycles. The zero-order chi connectivity index (χ0) is 9.03. The van der Waals surface area contributed by atoms with Crippen LogP contribution in [0.2, 0.25) is 0 Å². The van der Waals surface area contributed by atoms with Crippen LogP contribution in [0, 0.1) is 0 Å². The molecule has 2 heteroatoms. The van der Waals surface area contributed by atoms with E-state index in [-0.39, 0.29) is 17.0 Å². The van der Waals surface area contributed by atoms with Crippen LogP contribution in [0.25, 0.3) is 0 Å². The first-order valence-corrected chi connectivity index (χ1v) is 4.50. The Bertz CT molecular complexity index is 231. The first-order chi connectivity index (χ1) is 5.64. The van der Waals surface area contributed by atoms with Crippen molar-refractivity contribution in [3.8, 4) is 0 Å². The van der Waals surface area contributed by atoms with Crippen LogP contribution in [0.5, 0.6) is 0 Å². The van der Waals surface area contributed by atoms with Crippen molar-refractivity contribution in [1.29, 1.82) is 0 Å². The maximum atomic E-state index is 2.26. The van der Waals surface area contributed by atoms with Gasteiger partial charge in [-0.1, -0.05) is 30.3 Å². The average molecular weight is 244 g/mol. The SMILES string of the molecule is CC[N+](C)(C)Cc1ccccc1.[Br-]. The number of quaternary nitrogens is 1. The Kier molecular flexibility index (Phi) is 5.26. The molecule has 0 aliphatic heterocycles. The lowest BCUT2D eigenvalue weighted by Crippen LogP contribution is -3.00. The molecule has 13 heavy (non-hydrogen) atoms. The molecule has 0 aliphatic carbocycles. The van der Waals surface area contributed by atoms with Crippen LogP contribution in [-0.4, -0.2) is 25.1 Å². The third-order valence-corrected chi connectivity index (χ3v) is 2.31. The monoisotopic (exact) mass is 243 g/mol. The Labute approximate surface area is 91.7 Å². The van der Waals surface area contributed by atoms with Crippen molar-refractivity contribution in [2.75, 3.05) is 20.6 Å². The molecule has 1 nitrogen and oxygen atoms in total. The van der Waals surface area contributed by atoms with E-state index in [4.69, 9.17) is 0 Å². The van der Waals surface area contributed by atoms with E-state index in [0.717, 1.165) is 11.0 Å². The molecule has 1 aromatic carbocycles. The van der Waals surface area contributed by atoms with Gasteiger partial charge in [-0.05, 0) is 6.92 Å². The summed E-state index contributed by atoms with van der Waals surface area (Å²) in [5.41, 5.74) is 1.42. The molecule has 0 radical (unpaired) electrons. The zero-order valence-electron chi connectivity index (χ0n) is 8.63. The number of halogens is 1. The Morgan fingerprint density at radius 3 is 2.08 bits per heavy atom. The van der Waals surface area contributed by atoms with Crippen molar-refractivity contribution >= 4 is 0 Å².